The highest BCUT2D eigenvalue weighted by Gasteiger charge is 2.60. The number of halogens is 15. The lowest BCUT2D eigenvalue weighted by molar-refractivity contribution is -0.189. The molecule has 3 nitrogen and oxygen atoms in total. The van der Waals surface area contributed by atoms with Gasteiger partial charge in [0.2, 0.25) is 0 Å². The number of carboxylic acid groups (broad SMARTS) is 1. The smallest absolute Gasteiger partial charge is 0.417 e. The van der Waals surface area contributed by atoms with Crippen molar-refractivity contribution in [1.29, 1.82) is 0 Å². The van der Waals surface area contributed by atoms with Crippen LogP contribution in [0.3, 0.4) is 0 Å². The van der Waals surface area contributed by atoms with Gasteiger partial charge in [0.25, 0.3) is 0 Å². The van der Waals surface area contributed by atoms with E-state index in [-0.39, 0.29) is 0 Å². The van der Waals surface area contributed by atoms with E-state index in [1.807, 2.05) is 0 Å². The van der Waals surface area contributed by atoms with E-state index in [0.29, 0.717) is 0 Å². The summed E-state index contributed by atoms with van der Waals surface area (Å²) in [6, 6.07) is 0. The van der Waals surface area contributed by atoms with Crippen molar-refractivity contribution in [2.75, 3.05) is 6.54 Å². The number of carboxylic acids is 1. The van der Waals surface area contributed by atoms with Crippen molar-refractivity contribution in [3.8, 4) is 0 Å². The van der Waals surface area contributed by atoms with Crippen LogP contribution in [0.1, 0.15) is 53.1 Å². The molecule has 0 saturated carbocycles. The van der Waals surface area contributed by atoms with Crippen molar-refractivity contribution in [3.63, 3.8) is 0 Å². The highest BCUT2D eigenvalue weighted by molar-refractivity contribution is 5.70. The summed E-state index contributed by atoms with van der Waals surface area (Å²) in [7, 11) is 0. The van der Waals surface area contributed by atoms with E-state index in [9.17, 15) is 70.7 Å². The molecule has 0 heterocycles. The first-order chi connectivity index (χ1) is 16.3. The Bertz CT molecular complexity index is 931. The zero-order valence-electron chi connectivity index (χ0n) is 18.1. The van der Waals surface area contributed by atoms with Gasteiger partial charge in [-0.1, -0.05) is 13.3 Å². The maximum Gasteiger partial charge on any atom is 0.417 e. The van der Waals surface area contributed by atoms with Gasteiger partial charge in [0.1, 0.15) is 0 Å². The molecular formula is C19H16F15NO2. The van der Waals surface area contributed by atoms with Crippen LogP contribution in [0.15, 0.2) is 0 Å². The van der Waals surface area contributed by atoms with Crippen LogP contribution in [0.2, 0.25) is 0 Å². The summed E-state index contributed by atoms with van der Waals surface area (Å²) in [5, 5.41) is 9.02. The van der Waals surface area contributed by atoms with Crippen LogP contribution in [-0.2, 0) is 42.1 Å². The molecule has 37 heavy (non-hydrogen) atoms. The first-order valence-corrected chi connectivity index (χ1v) is 9.81. The molecule has 3 N–H and O–H groups in total. The monoisotopic (exact) mass is 575 g/mol. The second-order valence-corrected chi connectivity index (χ2v) is 7.83. The van der Waals surface area contributed by atoms with Gasteiger partial charge in [-0.05, 0) is 24.3 Å². The Balaban J connectivity index is 4.51. The van der Waals surface area contributed by atoms with E-state index in [4.69, 9.17) is 10.8 Å². The Hall–Kier alpha value is -2.40. The van der Waals surface area contributed by atoms with Gasteiger partial charge in [0, 0.05) is 6.54 Å². The summed E-state index contributed by atoms with van der Waals surface area (Å²) in [6.07, 6.45) is -37.4. The molecule has 1 rings (SSSR count). The molecule has 0 saturated heterocycles. The van der Waals surface area contributed by atoms with Crippen molar-refractivity contribution in [3.05, 3.63) is 33.4 Å². The van der Waals surface area contributed by atoms with Crippen molar-refractivity contribution in [2.24, 2.45) is 17.6 Å². The van der Waals surface area contributed by atoms with Crippen LogP contribution in [0, 0.1) is 11.8 Å². The molecule has 0 amide bonds. The number of nitrogens with two attached hydrogens (primary N) is 1. The molecule has 18 heteroatoms. The maximum absolute atomic E-state index is 13.8. The topological polar surface area (TPSA) is 63.3 Å². The van der Waals surface area contributed by atoms with Crippen LogP contribution in [-0.4, -0.2) is 17.6 Å². The lowest BCUT2D eigenvalue weighted by Gasteiger charge is -2.32. The highest BCUT2D eigenvalue weighted by atomic mass is 19.4. The number of benzene rings is 1. The molecule has 0 bridgehead atoms. The second-order valence-electron chi connectivity index (χ2n) is 7.83. The van der Waals surface area contributed by atoms with Gasteiger partial charge >= 0.3 is 36.9 Å². The summed E-state index contributed by atoms with van der Waals surface area (Å²) >= 11 is 0. The third-order valence-corrected chi connectivity index (χ3v) is 5.34. The Morgan fingerprint density at radius 3 is 1.19 bits per heavy atom. The van der Waals surface area contributed by atoms with Crippen molar-refractivity contribution in [2.45, 2.75) is 57.1 Å². The van der Waals surface area contributed by atoms with Gasteiger partial charge in [-0.2, -0.15) is 65.9 Å². The van der Waals surface area contributed by atoms with Gasteiger partial charge in [0.05, 0.1) is 33.7 Å². The van der Waals surface area contributed by atoms with E-state index in [0.717, 1.165) is 6.92 Å². The van der Waals surface area contributed by atoms with E-state index in [2.05, 4.69) is 0 Å². The molecule has 0 aliphatic carbocycles. The molecule has 214 valence electrons. The largest absolute Gasteiger partial charge is 0.481 e. The third-order valence-electron chi connectivity index (χ3n) is 5.34. The predicted molar refractivity (Wildman–Crippen MR) is 93.7 cm³/mol. The summed E-state index contributed by atoms with van der Waals surface area (Å²) in [4.78, 5) is 11.2. The number of aliphatic carboxylic acids is 1. The molecule has 1 aromatic rings. The molecule has 2 atom stereocenters. The fourth-order valence-electron chi connectivity index (χ4n) is 3.87. The molecular weight excluding hydrogens is 559 g/mol. The summed E-state index contributed by atoms with van der Waals surface area (Å²) in [5.74, 6) is -5.18. The SMILES string of the molecule is CCC(Cc1c(C(F)(F)F)c(C(F)(F)F)c(C(F)(F)F)c(C(F)(F)F)c1C(F)(F)F)CC(CN)C(=O)O. The average Bonchev–Trinajstić information content (AvgIpc) is 2.65. The summed E-state index contributed by atoms with van der Waals surface area (Å²) in [6.45, 7) is 0.249. The van der Waals surface area contributed by atoms with E-state index in [1.165, 1.54) is 0 Å². The van der Waals surface area contributed by atoms with Crippen LogP contribution in [0.4, 0.5) is 65.9 Å². The minimum atomic E-state index is -6.97. The number of hydrogen-bond donors (Lipinski definition) is 2. The molecule has 2 unspecified atom stereocenters. The number of alkyl halides is 15. The molecule has 0 radical (unpaired) electrons. The Morgan fingerprint density at radius 1 is 0.676 bits per heavy atom. The lowest BCUT2D eigenvalue weighted by Crippen LogP contribution is -2.34. The van der Waals surface area contributed by atoms with Crippen LogP contribution >= 0.6 is 0 Å². The van der Waals surface area contributed by atoms with Gasteiger partial charge in [0.15, 0.2) is 0 Å². The molecule has 0 spiro atoms. The molecule has 0 aromatic heterocycles. The maximum atomic E-state index is 13.8. The lowest BCUT2D eigenvalue weighted by atomic mass is 9.79. The highest BCUT2D eigenvalue weighted by Crippen LogP contribution is 2.56. The summed E-state index contributed by atoms with van der Waals surface area (Å²) < 4.78 is 205. The predicted octanol–water partition coefficient (Wildman–Crippen LogP) is 7.40. The van der Waals surface area contributed by atoms with Gasteiger partial charge in [-0.25, -0.2) is 0 Å². The average molecular weight is 575 g/mol. The van der Waals surface area contributed by atoms with Crippen molar-refractivity contribution < 1.29 is 75.8 Å². The Morgan fingerprint density at radius 2 is 0.973 bits per heavy atom. The van der Waals surface area contributed by atoms with Gasteiger partial charge in [-0.3, -0.25) is 4.79 Å². The number of rotatable bonds is 7. The minimum Gasteiger partial charge on any atom is -0.481 e. The second kappa shape index (κ2) is 10.4. The molecule has 0 aliphatic heterocycles. The van der Waals surface area contributed by atoms with Crippen LogP contribution in [0.25, 0.3) is 0 Å². The Kier molecular flexibility index (Phi) is 9.17. The Labute approximate surface area is 197 Å². The van der Waals surface area contributed by atoms with E-state index in [1.54, 1.807) is 0 Å². The fourth-order valence-corrected chi connectivity index (χ4v) is 3.87. The van der Waals surface area contributed by atoms with E-state index >= 15 is 0 Å². The zero-order valence-corrected chi connectivity index (χ0v) is 18.1. The number of hydrogen-bond acceptors (Lipinski definition) is 2. The molecule has 0 aliphatic rings. The molecule has 1 aromatic carbocycles. The quantitative estimate of drug-likeness (QED) is 0.333. The first-order valence-electron chi connectivity index (χ1n) is 9.81. The molecule has 0 fully saturated rings. The first kappa shape index (κ1) is 32.6. The van der Waals surface area contributed by atoms with Crippen LogP contribution in [0.5, 0.6) is 0 Å². The van der Waals surface area contributed by atoms with Crippen LogP contribution < -0.4 is 5.73 Å². The number of carbonyl (C=O) groups is 1. The van der Waals surface area contributed by atoms with Crippen molar-refractivity contribution >= 4 is 5.97 Å². The van der Waals surface area contributed by atoms with E-state index < -0.39 is 108 Å². The fraction of sp³-hybridized carbons (Fsp3) is 0.632. The normalized spacial score (nSPS) is 15.6. The van der Waals surface area contributed by atoms with Crippen molar-refractivity contribution in [1.82, 2.24) is 0 Å². The standard InChI is InChI=1S/C19H16F15NO2/c1-2-6(3-7(5-35)14(36)37)4-8-9(15(20,21)22)11(17(26,27)28)13(19(32,33)34)12(18(29,30)31)10(8)16(23,24)25/h6-7H,2-5,35H2,1H3,(H,36,37). The van der Waals surface area contributed by atoms with Gasteiger partial charge in [-0.15, -0.1) is 0 Å². The van der Waals surface area contributed by atoms with Gasteiger partial charge < -0.3 is 10.8 Å². The minimum absolute atomic E-state index is 0.581. The zero-order chi connectivity index (χ0) is 29.5. The summed E-state index contributed by atoms with van der Waals surface area (Å²) in [5.41, 5.74) is -16.9. The third kappa shape index (κ3) is 7.34.